The SMILES string of the molecule is CSc1ccc(CN(CCO)Cc2ccccc2C(=O)O)cc1. The number of rotatable bonds is 8. The van der Waals surface area contributed by atoms with Gasteiger partial charge in [0, 0.05) is 24.5 Å². The molecule has 0 fully saturated rings. The van der Waals surface area contributed by atoms with Crippen molar-refractivity contribution in [3.63, 3.8) is 0 Å². The molecule has 0 aromatic heterocycles. The lowest BCUT2D eigenvalue weighted by Gasteiger charge is -2.22. The molecule has 23 heavy (non-hydrogen) atoms. The van der Waals surface area contributed by atoms with Crippen molar-refractivity contribution in [1.82, 2.24) is 4.90 Å². The first-order chi connectivity index (χ1) is 11.1. The quantitative estimate of drug-likeness (QED) is 0.728. The van der Waals surface area contributed by atoms with Crippen molar-refractivity contribution in [1.29, 1.82) is 0 Å². The van der Waals surface area contributed by atoms with E-state index in [-0.39, 0.29) is 6.61 Å². The van der Waals surface area contributed by atoms with Gasteiger partial charge in [0.15, 0.2) is 0 Å². The molecule has 0 unspecified atom stereocenters. The fourth-order valence-electron chi connectivity index (χ4n) is 2.45. The molecule has 0 atom stereocenters. The van der Waals surface area contributed by atoms with E-state index >= 15 is 0 Å². The molecule has 5 heteroatoms. The van der Waals surface area contributed by atoms with E-state index < -0.39 is 5.97 Å². The van der Waals surface area contributed by atoms with Crippen LogP contribution >= 0.6 is 11.8 Å². The largest absolute Gasteiger partial charge is 0.478 e. The van der Waals surface area contributed by atoms with Gasteiger partial charge in [0.05, 0.1) is 12.2 Å². The predicted molar refractivity (Wildman–Crippen MR) is 92.8 cm³/mol. The van der Waals surface area contributed by atoms with Gasteiger partial charge in [-0.15, -0.1) is 11.8 Å². The van der Waals surface area contributed by atoms with Gasteiger partial charge in [0.2, 0.25) is 0 Å². The zero-order chi connectivity index (χ0) is 16.7. The first-order valence-electron chi connectivity index (χ1n) is 7.41. The van der Waals surface area contributed by atoms with Gasteiger partial charge in [0.1, 0.15) is 0 Å². The van der Waals surface area contributed by atoms with Crippen LogP contribution in [0.3, 0.4) is 0 Å². The Balaban J connectivity index is 2.13. The average Bonchev–Trinajstić information content (AvgIpc) is 2.56. The van der Waals surface area contributed by atoms with Crippen molar-refractivity contribution < 1.29 is 15.0 Å². The summed E-state index contributed by atoms with van der Waals surface area (Å²) in [4.78, 5) is 14.6. The summed E-state index contributed by atoms with van der Waals surface area (Å²) in [5.74, 6) is -0.922. The van der Waals surface area contributed by atoms with Crippen LogP contribution in [-0.4, -0.2) is 40.5 Å². The monoisotopic (exact) mass is 331 g/mol. The van der Waals surface area contributed by atoms with Crippen LogP contribution < -0.4 is 0 Å². The smallest absolute Gasteiger partial charge is 0.336 e. The summed E-state index contributed by atoms with van der Waals surface area (Å²) >= 11 is 1.70. The first kappa shape index (κ1) is 17.5. The Morgan fingerprint density at radius 1 is 1.09 bits per heavy atom. The fraction of sp³-hybridized carbons (Fsp3) is 0.278. The summed E-state index contributed by atoms with van der Waals surface area (Å²) in [6, 6.07) is 15.3. The first-order valence-corrected chi connectivity index (χ1v) is 8.64. The second-order valence-corrected chi connectivity index (χ2v) is 6.12. The van der Waals surface area contributed by atoms with E-state index in [0.717, 1.165) is 11.1 Å². The number of benzene rings is 2. The van der Waals surface area contributed by atoms with E-state index in [4.69, 9.17) is 0 Å². The van der Waals surface area contributed by atoms with Crippen LogP contribution in [-0.2, 0) is 13.1 Å². The highest BCUT2D eigenvalue weighted by molar-refractivity contribution is 7.98. The minimum atomic E-state index is -0.922. The molecule has 0 aliphatic carbocycles. The lowest BCUT2D eigenvalue weighted by molar-refractivity contribution is 0.0694. The number of carboxylic acids is 1. The van der Waals surface area contributed by atoms with Gasteiger partial charge in [-0.05, 0) is 35.6 Å². The van der Waals surface area contributed by atoms with Crippen molar-refractivity contribution in [2.24, 2.45) is 0 Å². The van der Waals surface area contributed by atoms with Crippen LogP contribution in [0.4, 0.5) is 0 Å². The summed E-state index contributed by atoms with van der Waals surface area (Å²) in [5, 5.41) is 18.6. The maximum Gasteiger partial charge on any atom is 0.336 e. The molecule has 0 amide bonds. The van der Waals surface area contributed by atoms with Crippen molar-refractivity contribution in [2.45, 2.75) is 18.0 Å². The minimum absolute atomic E-state index is 0.0398. The van der Waals surface area contributed by atoms with Gasteiger partial charge in [-0.1, -0.05) is 30.3 Å². The second-order valence-electron chi connectivity index (χ2n) is 5.24. The van der Waals surface area contributed by atoms with Crippen molar-refractivity contribution in [3.8, 4) is 0 Å². The van der Waals surface area contributed by atoms with Gasteiger partial charge in [-0.25, -0.2) is 4.79 Å². The van der Waals surface area contributed by atoms with Crippen LogP contribution in [0.1, 0.15) is 21.5 Å². The zero-order valence-corrected chi connectivity index (χ0v) is 13.9. The molecule has 2 N–H and O–H groups in total. The normalized spacial score (nSPS) is 10.9. The van der Waals surface area contributed by atoms with Crippen molar-refractivity contribution >= 4 is 17.7 Å². The number of nitrogens with zero attached hydrogens (tertiary/aromatic N) is 1. The summed E-state index contributed by atoms with van der Waals surface area (Å²) in [5.41, 5.74) is 2.21. The summed E-state index contributed by atoms with van der Waals surface area (Å²) in [6.45, 7) is 1.70. The highest BCUT2D eigenvalue weighted by Gasteiger charge is 2.13. The molecule has 0 aliphatic rings. The molecule has 2 aromatic carbocycles. The Labute approximate surface area is 140 Å². The summed E-state index contributed by atoms with van der Waals surface area (Å²) in [7, 11) is 0. The molecule has 2 rings (SSSR count). The molecule has 0 saturated carbocycles. The van der Waals surface area contributed by atoms with E-state index in [2.05, 4.69) is 29.2 Å². The molecule has 0 aliphatic heterocycles. The molecule has 0 saturated heterocycles. The van der Waals surface area contributed by atoms with Gasteiger partial charge < -0.3 is 10.2 Å². The maximum absolute atomic E-state index is 11.3. The lowest BCUT2D eigenvalue weighted by Crippen LogP contribution is -2.27. The average molecular weight is 331 g/mol. The Kier molecular flexibility index (Phi) is 6.65. The number of aromatic carboxylic acids is 1. The van der Waals surface area contributed by atoms with Crippen LogP contribution in [0.25, 0.3) is 0 Å². The van der Waals surface area contributed by atoms with E-state index in [1.165, 1.54) is 4.90 Å². The number of thioether (sulfide) groups is 1. The molecular formula is C18H21NO3S. The molecular weight excluding hydrogens is 310 g/mol. The Hall–Kier alpha value is -1.82. The number of hydrogen-bond donors (Lipinski definition) is 2. The van der Waals surface area contributed by atoms with Crippen LogP contribution in [0.15, 0.2) is 53.4 Å². The van der Waals surface area contributed by atoms with E-state index in [0.29, 0.717) is 25.2 Å². The van der Waals surface area contributed by atoms with Crippen LogP contribution in [0.5, 0.6) is 0 Å². The molecule has 4 nitrogen and oxygen atoms in total. The van der Waals surface area contributed by atoms with Crippen molar-refractivity contribution in [2.75, 3.05) is 19.4 Å². The van der Waals surface area contributed by atoms with Crippen LogP contribution in [0, 0.1) is 0 Å². The van der Waals surface area contributed by atoms with Crippen LogP contribution in [0.2, 0.25) is 0 Å². The molecule has 2 aromatic rings. The van der Waals surface area contributed by atoms with E-state index in [1.807, 2.05) is 18.4 Å². The summed E-state index contributed by atoms with van der Waals surface area (Å²) in [6.07, 6.45) is 2.04. The number of aliphatic hydroxyl groups is 1. The standard InChI is InChI=1S/C18H21NO3S/c1-23-16-8-6-14(7-9-16)12-19(10-11-20)13-15-4-2-3-5-17(15)18(21)22/h2-9,20H,10-13H2,1H3,(H,21,22). The van der Waals surface area contributed by atoms with Crippen molar-refractivity contribution in [3.05, 3.63) is 65.2 Å². The molecule has 0 spiro atoms. The molecule has 122 valence electrons. The molecule has 0 radical (unpaired) electrons. The van der Waals surface area contributed by atoms with Gasteiger partial charge in [0.25, 0.3) is 0 Å². The third kappa shape index (κ3) is 5.10. The number of aliphatic hydroxyl groups excluding tert-OH is 1. The Bertz CT molecular complexity index is 643. The summed E-state index contributed by atoms with van der Waals surface area (Å²) < 4.78 is 0. The predicted octanol–water partition coefficient (Wildman–Crippen LogP) is 3.10. The number of carbonyl (C=O) groups is 1. The highest BCUT2D eigenvalue weighted by Crippen LogP contribution is 2.18. The third-order valence-corrected chi connectivity index (χ3v) is 4.37. The van der Waals surface area contributed by atoms with E-state index in [9.17, 15) is 15.0 Å². The number of carboxylic acid groups (broad SMARTS) is 1. The second kappa shape index (κ2) is 8.72. The van der Waals surface area contributed by atoms with Gasteiger partial charge in [-0.3, -0.25) is 4.90 Å². The third-order valence-electron chi connectivity index (χ3n) is 3.62. The Morgan fingerprint density at radius 2 is 1.78 bits per heavy atom. The highest BCUT2D eigenvalue weighted by atomic mass is 32.2. The maximum atomic E-state index is 11.3. The Morgan fingerprint density at radius 3 is 2.39 bits per heavy atom. The van der Waals surface area contributed by atoms with Gasteiger partial charge in [-0.2, -0.15) is 0 Å². The fourth-order valence-corrected chi connectivity index (χ4v) is 2.86. The molecule has 0 bridgehead atoms. The topological polar surface area (TPSA) is 60.8 Å². The van der Waals surface area contributed by atoms with Gasteiger partial charge >= 0.3 is 5.97 Å². The molecule has 0 heterocycles. The zero-order valence-electron chi connectivity index (χ0n) is 13.1. The lowest BCUT2D eigenvalue weighted by atomic mass is 10.1. The minimum Gasteiger partial charge on any atom is -0.478 e. The number of hydrogen-bond acceptors (Lipinski definition) is 4. The van der Waals surface area contributed by atoms with E-state index in [1.54, 1.807) is 23.9 Å².